The molecular weight excluding hydrogens is 274 g/mol. The fourth-order valence-electron chi connectivity index (χ4n) is 2.97. The Bertz CT molecular complexity index is 605. The van der Waals surface area contributed by atoms with Gasteiger partial charge in [0, 0.05) is 18.3 Å². The van der Waals surface area contributed by atoms with Gasteiger partial charge >= 0.3 is 5.97 Å². The number of nitrogens with zero attached hydrogens (tertiary/aromatic N) is 1. The van der Waals surface area contributed by atoms with Crippen molar-refractivity contribution in [3.63, 3.8) is 0 Å². The lowest BCUT2D eigenvalue weighted by atomic mass is 9.68. The van der Waals surface area contributed by atoms with E-state index < -0.39 is 11.4 Å². The van der Waals surface area contributed by atoms with E-state index in [-0.39, 0.29) is 6.42 Å². The van der Waals surface area contributed by atoms with E-state index in [1.807, 2.05) is 60.7 Å². The van der Waals surface area contributed by atoms with Gasteiger partial charge in [-0.05, 0) is 24.0 Å². The maximum absolute atomic E-state index is 11.1. The number of hydrogen-bond donors (Lipinski definition) is 1. The minimum absolute atomic E-state index is 0.0786. The van der Waals surface area contributed by atoms with Crippen LogP contribution < -0.4 is 0 Å². The zero-order valence-electron chi connectivity index (χ0n) is 12.4. The summed E-state index contributed by atoms with van der Waals surface area (Å²) in [5.74, 6) is -0.812. The molecule has 0 amide bonds. The van der Waals surface area contributed by atoms with E-state index in [1.54, 1.807) is 0 Å². The van der Waals surface area contributed by atoms with Crippen LogP contribution in [0.3, 0.4) is 0 Å². The molecule has 0 saturated heterocycles. The third-order valence-electron chi connectivity index (χ3n) is 4.08. The summed E-state index contributed by atoms with van der Waals surface area (Å²) < 4.78 is 0. The van der Waals surface area contributed by atoms with Gasteiger partial charge in [-0.2, -0.15) is 5.26 Å². The lowest BCUT2D eigenvalue weighted by Gasteiger charge is -2.34. The zero-order chi connectivity index (χ0) is 15.8. The molecule has 0 aliphatic carbocycles. The van der Waals surface area contributed by atoms with Crippen LogP contribution in [-0.2, 0) is 10.2 Å². The summed E-state index contributed by atoms with van der Waals surface area (Å²) in [7, 11) is 0. The summed E-state index contributed by atoms with van der Waals surface area (Å²) in [6.45, 7) is 0. The topological polar surface area (TPSA) is 61.1 Å². The van der Waals surface area contributed by atoms with Gasteiger partial charge in [0.05, 0.1) is 6.07 Å². The molecule has 0 aliphatic rings. The number of carbonyl (C=O) groups is 1. The predicted molar refractivity (Wildman–Crippen MR) is 85.4 cm³/mol. The smallest absolute Gasteiger partial charge is 0.303 e. The summed E-state index contributed by atoms with van der Waals surface area (Å²) in [5.41, 5.74) is 1.70. The van der Waals surface area contributed by atoms with E-state index in [0.29, 0.717) is 19.3 Å². The SMILES string of the molecule is N#CCCC(CCC(=O)O)(c1ccccc1)c1ccccc1. The highest BCUT2D eigenvalue weighted by Gasteiger charge is 2.34. The first-order chi connectivity index (χ1) is 10.7. The number of rotatable bonds is 7. The molecular formula is C19H19NO2. The van der Waals surface area contributed by atoms with Crippen molar-refractivity contribution in [1.82, 2.24) is 0 Å². The fraction of sp³-hybridized carbons (Fsp3) is 0.263. The molecule has 2 rings (SSSR count). The van der Waals surface area contributed by atoms with Crippen molar-refractivity contribution in [1.29, 1.82) is 5.26 Å². The van der Waals surface area contributed by atoms with Crippen LogP contribution in [0.2, 0.25) is 0 Å². The van der Waals surface area contributed by atoms with Crippen molar-refractivity contribution in [3.05, 3.63) is 71.8 Å². The number of carboxylic acid groups (broad SMARTS) is 1. The lowest BCUT2D eigenvalue weighted by molar-refractivity contribution is -0.137. The second kappa shape index (κ2) is 7.42. The zero-order valence-corrected chi connectivity index (χ0v) is 12.4. The number of benzene rings is 2. The van der Waals surface area contributed by atoms with E-state index in [4.69, 9.17) is 10.4 Å². The van der Waals surface area contributed by atoms with Crippen molar-refractivity contribution >= 4 is 5.97 Å². The second-order valence-corrected chi connectivity index (χ2v) is 5.37. The molecule has 0 bridgehead atoms. The normalized spacial score (nSPS) is 10.9. The molecule has 0 aromatic heterocycles. The highest BCUT2D eigenvalue weighted by Crippen LogP contribution is 2.40. The van der Waals surface area contributed by atoms with Crippen molar-refractivity contribution in [2.75, 3.05) is 0 Å². The quantitative estimate of drug-likeness (QED) is 0.834. The molecule has 22 heavy (non-hydrogen) atoms. The third kappa shape index (κ3) is 3.53. The molecule has 0 saturated carbocycles. The minimum Gasteiger partial charge on any atom is -0.481 e. The first kappa shape index (κ1) is 15.8. The molecule has 0 heterocycles. The molecule has 0 fully saturated rings. The Kier molecular flexibility index (Phi) is 5.32. The summed E-state index contributed by atoms with van der Waals surface area (Å²) >= 11 is 0. The number of hydrogen-bond acceptors (Lipinski definition) is 2. The van der Waals surface area contributed by atoms with Crippen LogP contribution in [0.4, 0.5) is 0 Å². The van der Waals surface area contributed by atoms with Crippen LogP contribution in [0.1, 0.15) is 36.8 Å². The van der Waals surface area contributed by atoms with Crippen LogP contribution in [-0.4, -0.2) is 11.1 Å². The van der Waals surface area contributed by atoms with Gasteiger partial charge in [0.1, 0.15) is 0 Å². The van der Waals surface area contributed by atoms with Gasteiger partial charge < -0.3 is 5.11 Å². The molecule has 3 nitrogen and oxygen atoms in total. The lowest BCUT2D eigenvalue weighted by Crippen LogP contribution is -2.28. The van der Waals surface area contributed by atoms with Gasteiger partial charge in [-0.25, -0.2) is 0 Å². The van der Waals surface area contributed by atoms with E-state index in [9.17, 15) is 4.79 Å². The number of aliphatic carboxylic acids is 1. The Hall–Kier alpha value is -2.60. The Morgan fingerprint density at radius 2 is 1.45 bits per heavy atom. The maximum Gasteiger partial charge on any atom is 0.303 e. The average Bonchev–Trinajstić information content (AvgIpc) is 2.57. The van der Waals surface area contributed by atoms with Gasteiger partial charge in [-0.1, -0.05) is 60.7 Å². The third-order valence-corrected chi connectivity index (χ3v) is 4.08. The van der Waals surface area contributed by atoms with Crippen LogP contribution >= 0.6 is 0 Å². The number of carboxylic acids is 1. The average molecular weight is 293 g/mol. The first-order valence-corrected chi connectivity index (χ1v) is 7.39. The van der Waals surface area contributed by atoms with Crippen LogP contribution in [0, 0.1) is 11.3 Å². The fourth-order valence-corrected chi connectivity index (χ4v) is 2.97. The van der Waals surface area contributed by atoms with Crippen molar-refractivity contribution in [2.24, 2.45) is 0 Å². The Morgan fingerprint density at radius 3 is 1.86 bits per heavy atom. The Morgan fingerprint density at radius 1 is 0.955 bits per heavy atom. The molecule has 1 N–H and O–H groups in total. The minimum atomic E-state index is -0.812. The summed E-state index contributed by atoms with van der Waals surface area (Å²) in [6.07, 6.45) is 1.57. The van der Waals surface area contributed by atoms with E-state index in [0.717, 1.165) is 11.1 Å². The van der Waals surface area contributed by atoms with E-state index in [2.05, 4.69) is 6.07 Å². The molecule has 0 aliphatic heterocycles. The maximum atomic E-state index is 11.1. The second-order valence-electron chi connectivity index (χ2n) is 5.37. The van der Waals surface area contributed by atoms with Gasteiger partial charge in [-0.3, -0.25) is 4.79 Å². The standard InChI is InChI=1S/C19H19NO2/c20-15-7-13-19(14-12-18(21)22,16-8-3-1-4-9-16)17-10-5-2-6-11-17/h1-6,8-11H,7,12-14H2,(H,21,22). The molecule has 3 heteroatoms. The summed E-state index contributed by atoms with van der Waals surface area (Å²) in [6, 6.07) is 22.0. The molecule has 0 atom stereocenters. The van der Waals surface area contributed by atoms with E-state index in [1.165, 1.54) is 0 Å². The molecule has 2 aromatic rings. The van der Waals surface area contributed by atoms with Crippen molar-refractivity contribution in [2.45, 2.75) is 31.1 Å². The van der Waals surface area contributed by atoms with Crippen LogP contribution in [0.5, 0.6) is 0 Å². The monoisotopic (exact) mass is 293 g/mol. The Balaban J connectivity index is 2.52. The Labute approximate surface area is 130 Å². The van der Waals surface area contributed by atoms with Crippen molar-refractivity contribution < 1.29 is 9.90 Å². The largest absolute Gasteiger partial charge is 0.481 e. The number of nitriles is 1. The highest BCUT2D eigenvalue weighted by atomic mass is 16.4. The van der Waals surface area contributed by atoms with Gasteiger partial charge in [-0.15, -0.1) is 0 Å². The first-order valence-electron chi connectivity index (χ1n) is 7.39. The predicted octanol–water partition coefficient (Wildman–Crippen LogP) is 4.14. The van der Waals surface area contributed by atoms with Gasteiger partial charge in [0.2, 0.25) is 0 Å². The molecule has 0 radical (unpaired) electrons. The van der Waals surface area contributed by atoms with Gasteiger partial charge in [0.25, 0.3) is 0 Å². The van der Waals surface area contributed by atoms with E-state index >= 15 is 0 Å². The van der Waals surface area contributed by atoms with Crippen LogP contribution in [0.15, 0.2) is 60.7 Å². The highest BCUT2D eigenvalue weighted by molar-refractivity contribution is 5.67. The van der Waals surface area contributed by atoms with Crippen molar-refractivity contribution in [3.8, 4) is 6.07 Å². The molecule has 0 spiro atoms. The summed E-state index contributed by atoms with van der Waals surface area (Å²) in [4.78, 5) is 11.1. The molecule has 0 unspecified atom stereocenters. The van der Waals surface area contributed by atoms with Crippen LogP contribution in [0.25, 0.3) is 0 Å². The summed E-state index contributed by atoms with van der Waals surface area (Å²) in [5, 5.41) is 18.2. The molecule has 112 valence electrons. The molecule has 2 aromatic carbocycles. The van der Waals surface area contributed by atoms with Gasteiger partial charge in [0.15, 0.2) is 0 Å².